The highest BCUT2D eigenvalue weighted by Crippen LogP contribution is 2.70. The summed E-state index contributed by atoms with van der Waals surface area (Å²) in [7, 11) is 6.68. The summed E-state index contributed by atoms with van der Waals surface area (Å²) in [5, 5.41) is 0. The number of benzene rings is 2. The predicted molar refractivity (Wildman–Crippen MR) is 108 cm³/mol. The quantitative estimate of drug-likeness (QED) is 0.697. The Morgan fingerprint density at radius 1 is 0.600 bits per heavy atom. The van der Waals surface area contributed by atoms with E-state index in [1.807, 2.05) is 24.3 Å². The van der Waals surface area contributed by atoms with Gasteiger partial charge in [-0.2, -0.15) is 0 Å². The topological polar surface area (TPSA) is 55.4 Å². The second-order valence-electron chi connectivity index (χ2n) is 7.78. The smallest absolute Gasteiger partial charge is 0.154 e. The summed E-state index contributed by atoms with van der Waals surface area (Å²) in [5.74, 6) is 3.02. The summed E-state index contributed by atoms with van der Waals surface area (Å²) >= 11 is 0. The van der Waals surface area contributed by atoms with E-state index in [0.29, 0.717) is 0 Å². The summed E-state index contributed by atoms with van der Waals surface area (Å²) in [6, 6.07) is 7.67. The van der Waals surface area contributed by atoms with E-state index in [1.165, 1.54) is 0 Å². The lowest BCUT2D eigenvalue weighted by Crippen LogP contribution is -2.45. The summed E-state index contributed by atoms with van der Waals surface area (Å²) in [4.78, 5) is 0. The van der Waals surface area contributed by atoms with Crippen LogP contribution in [0.2, 0.25) is 0 Å². The Balaban J connectivity index is 1.68. The van der Waals surface area contributed by atoms with E-state index < -0.39 is 11.2 Å². The molecule has 6 rings (SSSR count). The molecule has 30 heavy (non-hydrogen) atoms. The van der Waals surface area contributed by atoms with Gasteiger partial charge in [-0.15, -0.1) is 0 Å². The first-order chi connectivity index (χ1) is 14.6. The first kappa shape index (κ1) is 17.9. The van der Waals surface area contributed by atoms with E-state index in [0.717, 1.165) is 45.3 Å². The molecule has 0 amide bonds. The molecule has 4 unspecified atom stereocenters. The molecule has 0 fully saturated rings. The lowest BCUT2D eigenvalue weighted by Gasteiger charge is -2.41. The Morgan fingerprint density at radius 2 is 0.967 bits per heavy atom. The number of fused-ring (bicyclic) bond motifs is 11. The van der Waals surface area contributed by atoms with Gasteiger partial charge in [-0.25, -0.2) is 0 Å². The molecule has 4 bridgehead atoms. The largest absolute Gasteiger partial charge is 0.496 e. The molecule has 0 aromatic heterocycles. The van der Waals surface area contributed by atoms with E-state index in [9.17, 15) is 0 Å². The van der Waals surface area contributed by atoms with Crippen LogP contribution in [0.3, 0.4) is 0 Å². The molecule has 0 aliphatic carbocycles. The maximum atomic E-state index is 6.71. The van der Waals surface area contributed by atoms with Gasteiger partial charge in [0.15, 0.2) is 11.2 Å². The molecule has 2 aromatic rings. The SMILES string of the molecule is COc1ccc(OC)c2c1C1C=CC2(C23C=CC(O2)c2c(OC)ccc(OC)c23)O1. The summed E-state index contributed by atoms with van der Waals surface area (Å²) in [6.45, 7) is 0. The Morgan fingerprint density at radius 3 is 1.33 bits per heavy atom. The van der Waals surface area contributed by atoms with Gasteiger partial charge >= 0.3 is 0 Å². The second kappa shape index (κ2) is 5.80. The fourth-order valence-corrected chi connectivity index (χ4v) is 5.58. The van der Waals surface area contributed by atoms with Gasteiger partial charge in [0, 0.05) is 22.3 Å². The molecule has 4 aliphatic heterocycles. The van der Waals surface area contributed by atoms with E-state index in [-0.39, 0.29) is 12.2 Å². The van der Waals surface area contributed by atoms with Crippen LogP contribution in [0, 0.1) is 0 Å². The van der Waals surface area contributed by atoms with Crippen LogP contribution in [0.4, 0.5) is 0 Å². The number of rotatable bonds is 5. The Bertz CT molecular complexity index is 1050. The molecule has 2 aromatic carbocycles. The van der Waals surface area contributed by atoms with Crippen molar-refractivity contribution >= 4 is 0 Å². The summed E-state index contributed by atoms with van der Waals surface area (Å²) in [5.41, 5.74) is 1.99. The average Bonchev–Trinajstić information content (AvgIpc) is 3.56. The molecule has 154 valence electrons. The maximum absolute atomic E-state index is 6.71. The highest BCUT2D eigenvalue weighted by molar-refractivity contribution is 5.69. The van der Waals surface area contributed by atoms with Crippen molar-refractivity contribution in [2.24, 2.45) is 0 Å². The second-order valence-corrected chi connectivity index (χ2v) is 7.78. The number of hydrogen-bond donors (Lipinski definition) is 0. The van der Waals surface area contributed by atoms with Gasteiger partial charge in [-0.3, -0.25) is 0 Å². The van der Waals surface area contributed by atoms with Crippen LogP contribution >= 0.6 is 0 Å². The van der Waals surface area contributed by atoms with Crippen molar-refractivity contribution in [3.05, 3.63) is 70.8 Å². The van der Waals surface area contributed by atoms with Crippen LogP contribution in [-0.4, -0.2) is 28.4 Å². The van der Waals surface area contributed by atoms with Crippen molar-refractivity contribution in [3.63, 3.8) is 0 Å². The van der Waals surface area contributed by atoms with Crippen LogP contribution in [-0.2, 0) is 20.7 Å². The minimum absolute atomic E-state index is 0.240. The van der Waals surface area contributed by atoms with Crippen LogP contribution in [0.25, 0.3) is 0 Å². The zero-order chi connectivity index (χ0) is 20.7. The Hall–Kier alpha value is -2.96. The van der Waals surface area contributed by atoms with Gasteiger partial charge in [0.05, 0.1) is 28.4 Å². The standard InChI is InChI=1S/C24H22O6/c1-25-13-5-7-17(27-3)21-19(13)15-9-11-23(21,29-15)24-12-10-16(30-24)20-14(26-2)6-8-18(28-4)22(20)24/h5-12,15-16H,1-4H3. The average molecular weight is 406 g/mol. The van der Waals surface area contributed by atoms with Gasteiger partial charge in [-0.1, -0.05) is 12.2 Å². The third-order valence-electron chi connectivity index (χ3n) is 6.71. The molecule has 0 saturated heterocycles. The van der Waals surface area contributed by atoms with Gasteiger partial charge < -0.3 is 28.4 Å². The Labute approximate surface area is 174 Å². The molecule has 4 heterocycles. The van der Waals surface area contributed by atoms with Crippen LogP contribution in [0.5, 0.6) is 23.0 Å². The fraction of sp³-hybridized carbons (Fsp3) is 0.333. The molecule has 0 spiro atoms. The van der Waals surface area contributed by atoms with Crippen molar-refractivity contribution in [1.82, 2.24) is 0 Å². The normalized spacial score (nSPS) is 31.1. The first-order valence-corrected chi connectivity index (χ1v) is 9.89. The van der Waals surface area contributed by atoms with Crippen LogP contribution in [0.1, 0.15) is 34.5 Å². The highest BCUT2D eigenvalue weighted by Gasteiger charge is 2.68. The molecule has 0 N–H and O–H groups in total. The molecule has 6 nitrogen and oxygen atoms in total. The van der Waals surface area contributed by atoms with Gasteiger partial charge in [0.2, 0.25) is 0 Å². The molecule has 0 radical (unpaired) electrons. The first-order valence-electron chi connectivity index (χ1n) is 9.89. The van der Waals surface area contributed by atoms with Gasteiger partial charge in [0.25, 0.3) is 0 Å². The summed E-state index contributed by atoms with van der Waals surface area (Å²) < 4.78 is 36.3. The lowest BCUT2D eigenvalue weighted by atomic mass is 9.69. The van der Waals surface area contributed by atoms with E-state index in [1.54, 1.807) is 28.4 Å². The van der Waals surface area contributed by atoms with Gasteiger partial charge in [-0.05, 0) is 36.4 Å². The fourth-order valence-electron chi connectivity index (χ4n) is 5.58. The molecule has 6 heteroatoms. The number of ether oxygens (including phenoxy) is 6. The van der Waals surface area contributed by atoms with Crippen molar-refractivity contribution < 1.29 is 28.4 Å². The predicted octanol–water partition coefficient (Wildman–Crippen LogP) is 4.09. The van der Waals surface area contributed by atoms with Crippen LogP contribution in [0.15, 0.2) is 48.6 Å². The molecule has 0 saturated carbocycles. The monoisotopic (exact) mass is 406 g/mol. The molecular formula is C24H22O6. The highest BCUT2D eigenvalue weighted by atomic mass is 16.6. The summed E-state index contributed by atoms with van der Waals surface area (Å²) in [6.07, 6.45) is 7.82. The number of hydrogen-bond acceptors (Lipinski definition) is 6. The molecule has 4 atom stereocenters. The van der Waals surface area contributed by atoms with Crippen molar-refractivity contribution in [1.29, 1.82) is 0 Å². The van der Waals surface area contributed by atoms with E-state index >= 15 is 0 Å². The van der Waals surface area contributed by atoms with Crippen molar-refractivity contribution in [3.8, 4) is 23.0 Å². The third kappa shape index (κ3) is 1.78. The maximum Gasteiger partial charge on any atom is 0.154 e. The van der Waals surface area contributed by atoms with Crippen molar-refractivity contribution in [2.45, 2.75) is 23.4 Å². The van der Waals surface area contributed by atoms with E-state index in [4.69, 9.17) is 28.4 Å². The molecular weight excluding hydrogens is 384 g/mol. The Kier molecular flexibility index (Phi) is 3.46. The zero-order valence-electron chi connectivity index (χ0n) is 17.2. The van der Waals surface area contributed by atoms with Crippen LogP contribution < -0.4 is 18.9 Å². The van der Waals surface area contributed by atoms with E-state index in [2.05, 4.69) is 24.3 Å². The molecule has 4 aliphatic rings. The minimum atomic E-state index is -0.914. The van der Waals surface area contributed by atoms with Gasteiger partial charge in [0.1, 0.15) is 35.2 Å². The lowest BCUT2D eigenvalue weighted by molar-refractivity contribution is -0.158. The number of methoxy groups -OCH3 is 4. The zero-order valence-corrected chi connectivity index (χ0v) is 17.2. The van der Waals surface area contributed by atoms with Crippen molar-refractivity contribution in [2.75, 3.05) is 28.4 Å². The minimum Gasteiger partial charge on any atom is -0.496 e. The third-order valence-corrected chi connectivity index (χ3v) is 6.71.